The number of hydrogen-bond acceptors (Lipinski definition) is 15. The number of fused-ring (bicyclic) bond motifs is 6. The van der Waals surface area contributed by atoms with Crippen LogP contribution in [0.1, 0.15) is 209 Å². The molecule has 0 fully saturated rings. The first-order valence-corrected chi connectivity index (χ1v) is 42.4. The molecule has 0 aliphatic heterocycles. The van der Waals surface area contributed by atoms with E-state index < -0.39 is 93.7 Å². The Bertz CT molecular complexity index is 4910. The van der Waals surface area contributed by atoms with Gasteiger partial charge in [0.1, 0.15) is 48.1 Å². The first-order valence-electron chi connectivity index (χ1n) is 42.4. The highest BCUT2D eigenvalue weighted by Gasteiger charge is 2.43. The molecule has 2 aliphatic carbocycles. The van der Waals surface area contributed by atoms with Crippen molar-refractivity contribution < 1.29 is 71.9 Å². The minimum absolute atomic E-state index is 0.00808. The van der Waals surface area contributed by atoms with Crippen LogP contribution in [0.2, 0.25) is 0 Å². The van der Waals surface area contributed by atoms with Crippen LogP contribution in [-0.2, 0) is 68.0 Å². The summed E-state index contributed by atoms with van der Waals surface area (Å²) in [6.07, 6.45) is -2.85. The molecule has 0 aromatic heterocycles. The third-order valence-corrected chi connectivity index (χ3v) is 21.9. The molecule has 18 nitrogen and oxygen atoms in total. The van der Waals surface area contributed by atoms with Crippen LogP contribution in [0.15, 0.2) is 279 Å². The number of alkyl carbamates (subject to hydrolysis) is 2. The van der Waals surface area contributed by atoms with Gasteiger partial charge in [-0.1, -0.05) is 279 Å². The topological polar surface area (TPSA) is 262 Å². The van der Waals surface area contributed by atoms with Crippen molar-refractivity contribution in [1.29, 1.82) is 0 Å². The van der Waals surface area contributed by atoms with Crippen LogP contribution in [-0.4, -0.2) is 119 Å². The van der Waals surface area contributed by atoms with Crippen LogP contribution in [0.25, 0.3) is 22.3 Å². The number of aliphatic carboxylic acids is 1. The van der Waals surface area contributed by atoms with Crippen LogP contribution in [0.3, 0.4) is 0 Å². The Hall–Kier alpha value is -12.0. The van der Waals surface area contributed by atoms with Gasteiger partial charge in [0.25, 0.3) is 0 Å². The summed E-state index contributed by atoms with van der Waals surface area (Å²) >= 11 is 0. The summed E-state index contributed by atoms with van der Waals surface area (Å²) in [4.78, 5) is 107. The summed E-state index contributed by atoms with van der Waals surface area (Å²) < 4.78 is 34.3. The normalized spacial score (nSPS) is 14.0. The van der Waals surface area contributed by atoms with E-state index in [2.05, 4.69) is 22.8 Å². The fourth-order valence-electron chi connectivity index (χ4n) is 16.5. The number of carbonyl (C=O) groups is 8. The molecule has 2 aliphatic rings. The average molecular weight is 1660 g/mol. The van der Waals surface area contributed by atoms with Crippen molar-refractivity contribution in [2.45, 2.75) is 217 Å². The summed E-state index contributed by atoms with van der Waals surface area (Å²) in [6.45, 7) is 25.8. The maximum Gasteiger partial charge on any atom is 0.407 e. The molecule has 0 saturated carbocycles. The van der Waals surface area contributed by atoms with Crippen molar-refractivity contribution in [3.8, 4) is 22.3 Å². The molecule has 0 radical (unpaired) electrons. The van der Waals surface area contributed by atoms with Crippen LogP contribution < -0.4 is 16.4 Å². The highest BCUT2D eigenvalue weighted by molar-refractivity contribution is 5.92. The molecule has 2 unspecified atom stereocenters. The Morgan fingerprint density at radius 2 is 0.626 bits per heavy atom. The molecule has 6 atom stereocenters. The van der Waals surface area contributed by atoms with Gasteiger partial charge < -0.3 is 49.9 Å². The van der Waals surface area contributed by atoms with Gasteiger partial charge >= 0.3 is 30.1 Å². The molecule has 18 heteroatoms. The summed E-state index contributed by atoms with van der Waals surface area (Å²) in [5.41, 5.74) is 16.3. The van der Waals surface area contributed by atoms with E-state index in [0.717, 1.165) is 77.9 Å². The van der Waals surface area contributed by atoms with Gasteiger partial charge in [-0.15, -0.1) is 0 Å². The molecule has 0 heterocycles. The van der Waals surface area contributed by atoms with Gasteiger partial charge in [-0.25, -0.2) is 14.4 Å². The average Bonchev–Trinajstić information content (AvgIpc) is 1.69. The molecule has 0 saturated heterocycles. The largest absolute Gasteiger partial charge is 0.480 e. The zero-order valence-electron chi connectivity index (χ0n) is 73.3. The number of Topliss-reactive ketones (excluding diaryl/α,β-unsaturated/α-hetero) is 3. The maximum absolute atomic E-state index is 14.5. The van der Waals surface area contributed by atoms with E-state index in [9.17, 15) is 43.5 Å². The predicted molar refractivity (Wildman–Crippen MR) is 481 cm³/mol. The number of carbonyl (C=O) groups excluding carboxylic acids is 7. The Labute approximate surface area is 725 Å². The van der Waals surface area contributed by atoms with Crippen molar-refractivity contribution in [3.63, 3.8) is 0 Å². The molecule has 12 rings (SSSR count). The number of carboxylic acids is 1. The molecular formula is C105H119N3O15. The number of amides is 2. The number of ketones is 3. The van der Waals surface area contributed by atoms with E-state index >= 15 is 0 Å². The minimum Gasteiger partial charge on any atom is -0.480 e. The van der Waals surface area contributed by atoms with Crippen LogP contribution in [0, 0.1) is 5.92 Å². The third-order valence-electron chi connectivity index (χ3n) is 21.9. The highest BCUT2D eigenvalue weighted by atomic mass is 16.6. The standard InChI is InChI=1S/C53H59NO7.C40H35NO5.C12H25NO3/c1-36(60-51(2,3)4)45(49(57)61-52(5,6)7)33-48(56)47(54-50(58)59-35-46-43-29-19-17-27-41(43)42-28-18-20-30-44(42)46)32-31-40(55)34-53(37-21-11-8-12-22-37,38-23-13-9-14-24-38)39-25-15-10-16-26-39;42-31(26-40(28-14-4-1-5-15-28,29-16-6-2-7-17-29)30-18-8-3-9-19-30)24-25-37(38(43)44)41-39(45)46-27-36-34-22-12-10-20-32(34)33-21-11-13-23-35(33)36;1-8(15-11(2,3)4)9(13)10(14)16-12(5,6)7/h8-30,36,45-47H,31-35H2,1-7H3,(H,54,58);1-23,36-37H,24-27H2,(H,41,45)(H,43,44);8-9H,13H2,1-7H3/t36?,45-,47-;37-;8?,9-/m000/s1. The van der Waals surface area contributed by atoms with E-state index in [1.807, 2.05) is 329 Å². The number of nitrogens with one attached hydrogen (secondary N) is 2. The molecule has 0 spiro atoms. The van der Waals surface area contributed by atoms with E-state index in [1.165, 1.54) is 0 Å². The maximum atomic E-state index is 14.5. The molecular weight excluding hydrogens is 1540 g/mol. The molecule has 644 valence electrons. The Morgan fingerprint density at radius 3 is 0.919 bits per heavy atom. The molecule has 10 aromatic rings. The fraction of sp³-hybridized carbons (Fsp3) is 0.352. The van der Waals surface area contributed by atoms with Crippen molar-refractivity contribution in [2.75, 3.05) is 13.2 Å². The van der Waals surface area contributed by atoms with Crippen LogP contribution in [0.4, 0.5) is 9.59 Å². The van der Waals surface area contributed by atoms with E-state index in [1.54, 1.807) is 34.6 Å². The number of benzene rings is 10. The van der Waals surface area contributed by atoms with Crippen molar-refractivity contribution >= 4 is 47.4 Å². The number of nitrogens with two attached hydrogens (primary N) is 1. The zero-order chi connectivity index (χ0) is 88.9. The second-order valence-electron chi connectivity index (χ2n) is 35.6. The van der Waals surface area contributed by atoms with Gasteiger partial charge in [-0.3, -0.25) is 24.0 Å². The third kappa shape index (κ3) is 25.1. The lowest BCUT2D eigenvalue weighted by Crippen LogP contribution is -2.47. The molecule has 10 aromatic carbocycles. The number of carboxylic acid groups (broad SMARTS) is 1. The van der Waals surface area contributed by atoms with Crippen molar-refractivity contribution in [3.05, 3.63) is 335 Å². The van der Waals surface area contributed by atoms with Crippen molar-refractivity contribution in [1.82, 2.24) is 10.6 Å². The first-order chi connectivity index (χ1) is 58.4. The quantitative estimate of drug-likeness (QED) is 0.0173. The number of rotatable bonds is 32. The van der Waals surface area contributed by atoms with Gasteiger partial charge in [0.15, 0.2) is 5.78 Å². The summed E-state index contributed by atoms with van der Waals surface area (Å²) in [7, 11) is 0. The van der Waals surface area contributed by atoms with E-state index in [0.29, 0.717) is 0 Å². The van der Waals surface area contributed by atoms with Crippen LogP contribution in [0.5, 0.6) is 0 Å². The van der Waals surface area contributed by atoms with Crippen molar-refractivity contribution in [2.24, 2.45) is 11.7 Å². The lowest BCUT2D eigenvalue weighted by Gasteiger charge is -2.36. The Balaban J connectivity index is 0.000000224. The minimum atomic E-state index is -1.28. The Kier molecular flexibility index (Phi) is 31.7. The lowest BCUT2D eigenvalue weighted by atomic mass is 9.66. The van der Waals surface area contributed by atoms with E-state index in [4.69, 9.17) is 34.2 Å². The lowest BCUT2D eigenvalue weighted by molar-refractivity contribution is -0.171. The number of ether oxygens (including phenoxy) is 6. The summed E-state index contributed by atoms with van der Waals surface area (Å²) in [5.74, 6) is -4.18. The monoisotopic (exact) mass is 1660 g/mol. The molecule has 5 N–H and O–H groups in total. The smallest absolute Gasteiger partial charge is 0.407 e. The predicted octanol–water partition coefficient (Wildman–Crippen LogP) is 20.4. The molecule has 2 amide bonds. The highest BCUT2D eigenvalue weighted by Crippen LogP contribution is 2.48. The molecule has 0 bridgehead atoms. The molecule has 123 heavy (non-hydrogen) atoms. The van der Waals surface area contributed by atoms with Gasteiger partial charge in [-0.05, 0) is 188 Å². The van der Waals surface area contributed by atoms with Gasteiger partial charge in [0.2, 0.25) is 0 Å². The number of esters is 2. The fourth-order valence-corrected chi connectivity index (χ4v) is 16.5. The first kappa shape index (κ1) is 93.3. The second kappa shape index (κ2) is 41.7. The number of hydrogen-bond donors (Lipinski definition) is 4. The summed E-state index contributed by atoms with van der Waals surface area (Å²) in [5, 5.41) is 15.3. The van der Waals surface area contributed by atoms with Gasteiger partial charge in [0, 0.05) is 43.9 Å². The van der Waals surface area contributed by atoms with Crippen LogP contribution >= 0.6 is 0 Å². The summed E-state index contributed by atoms with van der Waals surface area (Å²) in [6, 6.07) is 88.6. The zero-order valence-corrected chi connectivity index (χ0v) is 73.3. The van der Waals surface area contributed by atoms with Gasteiger partial charge in [0.05, 0.1) is 46.2 Å². The Morgan fingerprint density at radius 1 is 0.358 bits per heavy atom. The second-order valence-corrected chi connectivity index (χ2v) is 35.6. The van der Waals surface area contributed by atoms with E-state index in [-0.39, 0.29) is 93.3 Å². The van der Waals surface area contributed by atoms with Gasteiger partial charge in [-0.2, -0.15) is 0 Å². The SMILES string of the molecule is CC(OC(C)(C)C)[C@H](CC(=O)[C@H](CCC(=O)CC(c1ccccc1)(c1ccccc1)c1ccccc1)NC(=O)OCC1c2ccccc2-c2ccccc21)C(=O)OC(C)(C)C.CC(OC(C)(C)C)[C@H](N)C(=O)OC(C)(C)C.O=C(CC[C@H](NC(=O)OCC1c2ccccc2-c2ccccc21)C(=O)O)CC(c1ccccc1)(c1ccccc1)c1ccccc1.